The van der Waals surface area contributed by atoms with Crippen LogP contribution < -0.4 is 5.32 Å². The van der Waals surface area contributed by atoms with E-state index < -0.39 is 0 Å². The van der Waals surface area contributed by atoms with Crippen LogP contribution in [-0.2, 0) is 4.79 Å². The molecule has 0 aliphatic rings. The first-order valence-electron chi connectivity index (χ1n) is 8.05. The summed E-state index contributed by atoms with van der Waals surface area (Å²) >= 11 is 4.60. The van der Waals surface area contributed by atoms with Crippen LogP contribution in [0, 0.1) is 0 Å². The largest absolute Gasteiger partial charge is 0.355 e. The van der Waals surface area contributed by atoms with Gasteiger partial charge in [0.2, 0.25) is 5.91 Å². The second-order valence-electron chi connectivity index (χ2n) is 5.90. The molecule has 1 aromatic heterocycles. The van der Waals surface area contributed by atoms with Crippen LogP contribution in [0.4, 0.5) is 0 Å². The zero-order valence-corrected chi connectivity index (χ0v) is 17.1. The summed E-state index contributed by atoms with van der Waals surface area (Å²) in [5, 5.41) is 11.1. The van der Waals surface area contributed by atoms with E-state index in [0.717, 1.165) is 20.0 Å². The van der Waals surface area contributed by atoms with E-state index in [1.54, 1.807) is 11.8 Å². The van der Waals surface area contributed by atoms with E-state index in [1.165, 1.54) is 28.7 Å². The Morgan fingerprint density at radius 2 is 1.92 bits per heavy atom. The molecule has 7 heteroatoms. The van der Waals surface area contributed by atoms with Gasteiger partial charge in [-0.1, -0.05) is 84.3 Å². The summed E-state index contributed by atoms with van der Waals surface area (Å²) < 4.78 is 1.73. The van der Waals surface area contributed by atoms with Gasteiger partial charge in [-0.2, -0.15) is 0 Å². The highest BCUT2D eigenvalue weighted by molar-refractivity contribution is 8.04. The monoisotopic (exact) mass is 393 g/mol. The number of hydrogen-bond donors (Lipinski definition) is 1. The summed E-state index contributed by atoms with van der Waals surface area (Å²) in [5.41, 5.74) is 2.33. The van der Waals surface area contributed by atoms with Crippen LogP contribution >= 0.6 is 34.9 Å². The standard InChI is InChI=1S/C18H23N3OS3/c1-12(2)11-23-17-20-21-18(25-17)24-14(4)16(22)19-10-13(3)15-8-6-5-7-9-15/h5-9,13-14H,1,10-11H2,2-4H3,(H,19,22). The van der Waals surface area contributed by atoms with Crippen molar-refractivity contribution in [3.63, 3.8) is 0 Å². The molecule has 1 amide bonds. The van der Waals surface area contributed by atoms with Crippen molar-refractivity contribution in [1.82, 2.24) is 15.5 Å². The first-order valence-corrected chi connectivity index (χ1v) is 10.7. The summed E-state index contributed by atoms with van der Waals surface area (Å²) in [6.07, 6.45) is 0. The fraction of sp³-hybridized carbons (Fsp3) is 0.389. The predicted molar refractivity (Wildman–Crippen MR) is 109 cm³/mol. The molecule has 0 radical (unpaired) electrons. The summed E-state index contributed by atoms with van der Waals surface area (Å²) in [7, 11) is 0. The second kappa shape index (κ2) is 9.99. The quantitative estimate of drug-likeness (QED) is 0.498. The smallest absolute Gasteiger partial charge is 0.233 e. The van der Waals surface area contributed by atoms with E-state index in [0.29, 0.717) is 6.54 Å². The molecule has 0 fully saturated rings. The average molecular weight is 394 g/mol. The van der Waals surface area contributed by atoms with Crippen molar-refractivity contribution in [2.45, 2.75) is 40.6 Å². The van der Waals surface area contributed by atoms with Gasteiger partial charge in [-0.3, -0.25) is 4.79 Å². The molecule has 2 aromatic rings. The summed E-state index contributed by atoms with van der Waals surface area (Å²) in [5.74, 6) is 1.15. The third kappa shape index (κ3) is 6.84. The Hall–Kier alpha value is -1.31. The molecule has 2 atom stereocenters. The van der Waals surface area contributed by atoms with Gasteiger partial charge in [0.25, 0.3) is 0 Å². The van der Waals surface area contributed by atoms with Crippen LogP contribution in [0.25, 0.3) is 0 Å². The molecule has 1 aromatic carbocycles. The highest BCUT2D eigenvalue weighted by Crippen LogP contribution is 2.31. The first-order chi connectivity index (χ1) is 12.0. The number of amides is 1. The fourth-order valence-corrected chi connectivity index (χ4v) is 5.02. The van der Waals surface area contributed by atoms with Crippen molar-refractivity contribution in [2.24, 2.45) is 0 Å². The van der Waals surface area contributed by atoms with Gasteiger partial charge in [-0.15, -0.1) is 10.2 Å². The van der Waals surface area contributed by atoms with E-state index in [2.05, 4.69) is 41.1 Å². The molecule has 25 heavy (non-hydrogen) atoms. The Kier molecular flexibility index (Phi) is 7.99. The van der Waals surface area contributed by atoms with Gasteiger partial charge in [0.15, 0.2) is 8.68 Å². The molecule has 0 saturated carbocycles. The Morgan fingerprint density at radius 1 is 1.24 bits per heavy atom. The molecule has 2 rings (SSSR count). The number of benzene rings is 1. The number of hydrogen-bond acceptors (Lipinski definition) is 6. The maximum Gasteiger partial charge on any atom is 0.233 e. The Balaban J connectivity index is 1.79. The van der Waals surface area contributed by atoms with Crippen molar-refractivity contribution in [2.75, 3.05) is 12.3 Å². The van der Waals surface area contributed by atoms with Gasteiger partial charge in [0.1, 0.15) is 0 Å². The molecule has 0 saturated heterocycles. The van der Waals surface area contributed by atoms with Gasteiger partial charge in [0.05, 0.1) is 5.25 Å². The van der Waals surface area contributed by atoms with Gasteiger partial charge in [-0.05, 0) is 25.3 Å². The number of rotatable bonds is 9. The van der Waals surface area contributed by atoms with Crippen molar-refractivity contribution >= 4 is 40.8 Å². The lowest BCUT2D eigenvalue weighted by atomic mass is 10.0. The third-order valence-corrected chi connectivity index (χ3v) is 6.90. The molecule has 0 spiro atoms. The SMILES string of the molecule is C=C(C)CSc1nnc(SC(C)C(=O)NCC(C)c2ccccc2)s1. The van der Waals surface area contributed by atoms with Crippen molar-refractivity contribution in [1.29, 1.82) is 0 Å². The fourth-order valence-electron chi connectivity index (χ4n) is 1.99. The van der Waals surface area contributed by atoms with E-state index in [1.807, 2.05) is 32.0 Å². The van der Waals surface area contributed by atoms with E-state index in [4.69, 9.17) is 0 Å². The van der Waals surface area contributed by atoms with E-state index in [-0.39, 0.29) is 17.1 Å². The van der Waals surface area contributed by atoms with Crippen LogP contribution in [0.3, 0.4) is 0 Å². The average Bonchev–Trinajstić information content (AvgIpc) is 3.05. The van der Waals surface area contributed by atoms with Crippen molar-refractivity contribution < 1.29 is 4.79 Å². The van der Waals surface area contributed by atoms with Gasteiger partial charge in [0, 0.05) is 12.3 Å². The predicted octanol–water partition coefficient (Wildman–Crippen LogP) is 4.61. The molecule has 134 valence electrons. The lowest BCUT2D eigenvalue weighted by Crippen LogP contribution is -2.33. The molecular weight excluding hydrogens is 370 g/mol. The van der Waals surface area contributed by atoms with Gasteiger partial charge < -0.3 is 5.32 Å². The van der Waals surface area contributed by atoms with E-state index >= 15 is 0 Å². The zero-order valence-electron chi connectivity index (χ0n) is 14.7. The number of thioether (sulfide) groups is 2. The molecule has 1 N–H and O–H groups in total. The van der Waals surface area contributed by atoms with Crippen molar-refractivity contribution in [3.8, 4) is 0 Å². The minimum atomic E-state index is -0.199. The van der Waals surface area contributed by atoms with Gasteiger partial charge in [-0.25, -0.2) is 0 Å². The maximum absolute atomic E-state index is 12.3. The third-order valence-electron chi connectivity index (χ3n) is 3.43. The van der Waals surface area contributed by atoms with Crippen LogP contribution in [-0.4, -0.2) is 33.7 Å². The van der Waals surface area contributed by atoms with Crippen LogP contribution in [0.15, 0.2) is 51.2 Å². The Bertz CT molecular complexity index is 703. The molecule has 0 aliphatic heterocycles. The van der Waals surface area contributed by atoms with E-state index in [9.17, 15) is 4.79 Å². The molecule has 2 unspecified atom stereocenters. The summed E-state index contributed by atoms with van der Waals surface area (Å²) in [4.78, 5) is 12.3. The highest BCUT2D eigenvalue weighted by Gasteiger charge is 2.18. The molecule has 4 nitrogen and oxygen atoms in total. The second-order valence-corrected chi connectivity index (χ2v) is 9.68. The Labute approximate surface area is 161 Å². The lowest BCUT2D eigenvalue weighted by molar-refractivity contribution is -0.120. The number of nitrogens with one attached hydrogen (secondary N) is 1. The number of aromatic nitrogens is 2. The van der Waals surface area contributed by atoms with Gasteiger partial charge >= 0.3 is 0 Å². The normalized spacial score (nSPS) is 13.2. The zero-order chi connectivity index (χ0) is 18.2. The number of carbonyl (C=O) groups excluding carboxylic acids is 1. The van der Waals surface area contributed by atoms with Crippen LogP contribution in [0.2, 0.25) is 0 Å². The van der Waals surface area contributed by atoms with Crippen LogP contribution in [0.1, 0.15) is 32.3 Å². The minimum absolute atomic E-state index is 0.0270. The highest BCUT2D eigenvalue weighted by atomic mass is 32.2. The maximum atomic E-state index is 12.3. The van der Waals surface area contributed by atoms with Crippen molar-refractivity contribution in [3.05, 3.63) is 48.0 Å². The molecule has 0 bridgehead atoms. The van der Waals surface area contributed by atoms with Crippen LogP contribution in [0.5, 0.6) is 0 Å². The summed E-state index contributed by atoms with van der Waals surface area (Å²) in [6, 6.07) is 10.2. The summed E-state index contributed by atoms with van der Waals surface area (Å²) in [6.45, 7) is 10.5. The number of carbonyl (C=O) groups is 1. The molecular formula is C18H23N3OS3. The number of nitrogens with zero attached hydrogens (tertiary/aromatic N) is 2. The molecule has 1 heterocycles. The first kappa shape index (κ1) is 20.0. The molecule has 0 aliphatic carbocycles. The minimum Gasteiger partial charge on any atom is -0.355 e. The lowest BCUT2D eigenvalue weighted by Gasteiger charge is -2.15. The topological polar surface area (TPSA) is 54.9 Å². The Morgan fingerprint density at radius 3 is 2.60 bits per heavy atom.